The van der Waals surface area contributed by atoms with Crippen LogP contribution in [0, 0.1) is 0 Å². The third kappa shape index (κ3) is 2.86. The number of benzene rings is 1. The van der Waals surface area contributed by atoms with Crippen molar-refractivity contribution in [3.63, 3.8) is 0 Å². The van der Waals surface area contributed by atoms with Crippen molar-refractivity contribution in [2.75, 3.05) is 5.73 Å². The van der Waals surface area contributed by atoms with Gasteiger partial charge in [-0.2, -0.15) is 0 Å². The fourth-order valence-corrected chi connectivity index (χ4v) is 3.36. The first-order valence-electron chi connectivity index (χ1n) is 6.29. The van der Waals surface area contributed by atoms with Gasteiger partial charge in [0.05, 0.1) is 16.7 Å². The molecule has 102 valence electrons. The van der Waals surface area contributed by atoms with Crippen LogP contribution in [-0.4, -0.2) is 9.55 Å². The summed E-state index contributed by atoms with van der Waals surface area (Å²) in [6.07, 6.45) is 6.50. The second kappa shape index (κ2) is 5.69. The van der Waals surface area contributed by atoms with E-state index in [4.69, 9.17) is 17.3 Å². The number of hydrogen-bond acceptors (Lipinski definition) is 3. The fourth-order valence-electron chi connectivity index (χ4n) is 2.19. The molecule has 5 heteroatoms. The molecule has 0 fully saturated rings. The molecule has 0 aliphatic heterocycles. The molecule has 1 unspecified atom stereocenters. The summed E-state index contributed by atoms with van der Waals surface area (Å²) in [4.78, 5) is 5.37. The molecule has 20 heavy (non-hydrogen) atoms. The van der Waals surface area contributed by atoms with E-state index in [1.807, 2.05) is 30.7 Å². The van der Waals surface area contributed by atoms with Gasteiger partial charge in [0, 0.05) is 23.0 Å². The molecular weight excluding hydrogens is 290 g/mol. The molecule has 1 aromatic carbocycles. The van der Waals surface area contributed by atoms with Gasteiger partial charge in [0.25, 0.3) is 0 Å². The maximum atomic E-state index is 6.07. The van der Waals surface area contributed by atoms with Crippen LogP contribution < -0.4 is 5.73 Å². The molecule has 3 rings (SSSR count). The highest BCUT2D eigenvalue weighted by molar-refractivity contribution is 7.16. The number of nitrogens with zero attached hydrogens (tertiary/aromatic N) is 2. The van der Waals surface area contributed by atoms with Crippen LogP contribution >= 0.6 is 22.9 Å². The van der Waals surface area contributed by atoms with Crippen molar-refractivity contribution < 1.29 is 0 Å². The summed E-state index contributed by atoms with van der Waals surface area (Å²) >= 11 is 7.68. The second-order valence-electron chi connectivity index (χ2n) is 4.61. The number of hydrogen-bond donors (Lipinski definition) is 1. The molecule has 0 saturated carbocycles. The van der Waals surface area contributed by atoms with E-state index in [-0.39, 0.29) is 6.04 Å². The van der Waals surface area contributed by atoms with Crippen LogP contribution in [0.15, 0.2) is 55.1 Å². The summed E-state index contributed by atoms with van der Waals surface area (Å²) in [7, 11) is 0. The number of nitrogens with two attached hydrogens (primary N) is 1. The van der Waals surface area contributed by atoms with Crippen LogP contribution in [-0.2, 0) is 6.42 Å². The molecule has 0 aliphatic carbocycles. The molecule has 0 bridgehead atoms. The summed E-state index contributed by atoms with van der Waals surface area (Å²) in [5.41, 5.74) is 7.76. The van der Waals surface area contributed by atoms with Crippen molar-refractivity contribution in [3.05, 3.63) is 69.9 Å². The summed E-state index contributed by atoms with van der Waals surface area (Å²) in [5, 5.41) is 0. The first-order chi connectivity index (χ1) is 9.72. The van der Waals surface area contributed by atoms with Crippen molar-refractivity contribution in [3.8, 4) is 0 Å². The number of aromatic nitrogens is 2. The Labute approximate surface area is 126 Å². The van der Waals surface area contributed by atoms with Gasteiger partial charge in [-0.3, -0.25) is 0 Å². The third-order valence-corrected chi connectivity index (χ3v) is 4.55. The lowest BCUT2D eigenvalue weighted by molar-refractivity contribution is 0.590. The van der Waals surface area contributed by atoms with Crippen molar-refractivity contribution in [2.45, 2.75) is 12.5 Å². The molecule has 2 N–H and O–H groups in total. The summed E-state index contributed by atoms with van der Waals surface area (Å²) in [6, 6.07) is 12.2. The minimum atomic E-state index is 0.207. The van der Waals surface area contributed by atoms with E-state index in [1.54, 1.807) is 17.5 Å². The maximum Gasteiger partial charge on any atom is 0.0952 e. The van der Waals surface area contributed by atoms with Crippen molar-refractivity contribution in [1.82, 2.24) is 9.55 Å². The van der Waals surface area contributed by atoms with E-state index < -0.39 is 0 Å². The Morgan fingerprint density at radius 1 is 1.20 bits per heavy atom. The molecule has 0 radical (unpaired) electrons. The van der Waals surface area contributed by atoms with Gasteiger partial charge in [-0.25, -0.2) is 4.98 Å². The van der Waals surface area contributed by atoms with Gasteiger partial charge in [0.1, 0.15) is 0 Å². The Balaban J connectivity index is 1.92. The summed E-state index contributed by atoms with van der Waals surface area (Å²) in [6.45, 7) is 0. The Bertz CT molecular complexity index is 673. The molecular formula is C15H14ClN3S. The van der Waals surface area contributed by atoms with Gasteiger partial charge < -0.3 is 10.3 Å². The van der Waals surface area contributed by atoms with Gasteiger partial charge in [0.15, 0.2) is 0 Å². The topological polar surface area (TPSA) is 43.8 Å². The van der Waals surface area contributed by atoms with Crippen molar-refractivity contribution in [1.29, 1.82) is 0 Å². The van der Waals surface area contributed by atoms with E-state index >= 15 is 0 Å². The Morgan fingerprint density at radius 2 is 2.00 bits per heavy atom. The van der Waals surface area contributed by atoms with E-state index in [9.17, 15) is 0 Å². The number of imidazole rings is 1. The molecule has 1 atom stereocenters. The third-order valence-electron chi connectivity index (χ3n) is 3.22. The van der Waals surface area contributed by atoms with Crippen LogP contribution in [0.5, 0.6) is 0 Å². The predicted molar refractivity (Wildman–Crippen MR) is 84.3 cm³/mol. The zero-order valence-electron chi connectivity index (χ0n) is 10.7. The van der Waals surface area contributed by atoms with Gasteiger partial charge in [0.2, 0.25) is 0 Å². The largest absolute Gasteiger partial charge is 0.399 e. The molecule has 2 aromatic heterocycles. The standard InChI is InChI=1S/C15H14ClN3S/c16-15-6-5-14(20-15)13(19-8-7-18-10-19)9-11-1-3-12(17)4-2-11/h1-8,10,13H,9,17H2. The SMILES string of the molecule is Nc1ccc(CC(c2ccc(Cl)s2)n2ccnc2)cc1. The lowest BCUT2D eigenvalue weighted by atomic mass is 10.0. The van der Waals surface area contributed by atoms with E-state index in [0.29, 0.717) is 0 Å². The van der Waals surface area contributed by atoms with Crippen LogP contribution in [0.25, 0.3) is 0 Å². The lowest BCUT2D eigenvalue weighted by Gasteiger charge is -2.17. The molecule has 0 aliphatic rings. The average molecular weight is 304 g/mol. The summed E-state index contributed by atoms with van der Waals surface area (Å²) < 4.78 is 2.92. The highest BCUT2D eigenvalue weighted by Gasteiger charge is 2.16. The normalized spacial score (nSPS) is 12.4. The monoisotopic (exact) mass is 303 g/mol. The molecule has 0 spiro atoms. The molecule has 0 saturated heterocycles. The van der Waals surface area contributed by atoms with Gasteiger partial charge in [-0.1, -0.05) is 23.7 Å². The van der Waals surface area contributed by atoms with Crippen LogP contribution in [0.2, 0.25) is 4.34 Å². The molecule has 3 aromatic rings. The van der Waals surface area contributed by atoms with Gasteiger partial charge in [-0.05, 0) is 36.2 Å². The minimum Gasteiger partial charge on any atom is -0.399 e. The van der Waals surface area contributed by atoms with E-state index in [0.717, 1.165) is 16.4 Å². The minimum absolute atomic E-state index is 0.207. The Morgan fingerprint density at radius 3 is 2.60 bits per heavy atom. The zero-order valence-corrected chi connectivity index (χ0v) is 12.3. The van der Waals surface area contributed by atoms with Crippen LogP contribution in [0.3, 0.4) is 0 Å². The molecule has 0 amide bonds. The van der Waals surface area contributed by atoms with Gasteiger partial charge >= 0.3 is 0 Å². The zero-order chi connectivity index (χ0) is 13.9. The maximum absolute atomic E-state index is 6.07. The second-order valence-corrected chi connectivity index (χ2v) is 6.36. The van der Waals surface area contributed by atoms with Crippen LogP contribution in [0.4, 0.5) is 5.69 Å². The molecule has 2 heterocycles. The molecule has 3 nitrogen and oxygen atoms in total. The Hall–Kier alpha value is -1.78. The van der Waals surface area contributed by atoms with Crippen LogP contribution in [0.1, 0.15) is 16.5 Å². The average Bonchev–Trinajstić information content (AvgIpc) is 3.09. The first kappa shape index (κ1) is 13.2. The van der Waals surface area contributed by atoms with Crippen molar-refractivity contribution >= 4 is 28.6 Å². The van der Waals surface area contributed by atoms with E-state index in [1.165, 1.54) is 10.4 Å². The van der Waals surface area contributed by atoms with E-state index in [2.05, 4.69) is 27.8 Å². The number of halogens is 1. The quantitative estimate of drug-likeness (QED) is 0.740. The number of rotatable bonds is 4. The lowest BCUT2D eigenvalue weighted by Crippen LogP contribution is -2.10. The Kier molecular flexibility index (Phi) is 3.76. The number of anilines is 1. The van der Waals surface area contributed by atoms with Crippen molar-refractivity contribution in [2.24, 2.45) is 0 Å². The highest BCUT2D eigenvalue weighted by Crippen LogP contribution is 2.31. The number of thiophene rings is 1. The summed E-state index contributed by atoms with van der Waals surface area (Å²) in [5.74, 6) is 0. The highest BCUT2D eigenvalue weighted by atomic mass is 35.5. The smallest absolute Gasteiger partial charge is 0.0952 e. The predicted octanol–water partition coefficient (Wildman–Crippen LogP) is 4.01. The fraction of sp³-hybridized carbons (Fsp3) is 0.133. The first-order valence-corrected chi connectivity index (χ1v) is 7.49. The number of nitrogen functional groups attached to an aromatic ring is 1. The van der Waals surface area contributed by atoms with Gasteiger partial charge in [-0.15, -0.1) is 11.3 Å².